The summed E-state index contributed by atoms with van der Waals surface area (Å²) in [4.78, 5) is 23.7. The normalized spacial score (nSPS) is 11.9. The average molecular weight is 327 g/mol. The predicted octanol–water partition coefficient (Wildman–Crippen LogP) is 1.79. The molecular weight excluding hydrogens is 304 g/mol. The summed E-state index contributed by atoms with van der Waals surface area (Å²) in [5.41, 5.74) is 5.46. The quantitative estimate of drug-likeness (QED) is 0.745. The van der Waals surface area contributed by atoms with Gasteiger partial charge < -0.3 is 16.4 Å². The van der Waals surface area contributed by atoms with E-state index in [1.807, 2.05) is 20.8 Å². The Morgan fingerprint density at radius 3 is 1.70 bits per heavy atom. The Kier molecular flexibility index (Phi) is 6.20. The van der Waals surface area contributed by atoms with Crippen LogP contribution in [0.25, 0.3) is 0 Å². The molecule has 23 heavy (non-hydrogen) atoms. The first-order valence-corrected chi connectivity index (χ1v) is 7.28. The Hall–Kier alpha value is -2.02. The van der Waals surface area contributed by atoms with Crippen LogP contribution in [0.5, 0.6) is 0 Å². The molecule has 0 spiro atoms. The van der Waals surface area contributed by atoms with Crippen LogP contribution in [-0.4, -0.2) is 37.4 Å². The number of hydrogen-bond acceptors (Lipinski definition) is 3. The molecule has 0 saturated carbocycles. The van der Waals surface area contributed by atoms with Crippen molar-refractivity contribution in [1.82, 2.24) is 10.6 Å². The van der Waals surface area contributed by atoms with E-state index in [1.165, 1.54) is 24.3 Å². The van der Waals surface area contributed by atoms with Crippen LogP contribution in [-0.2, 0) is 0 Å². The van der Waals surface area contributed by atoms with Crippen molar-refractivity contribution in [3.63, 3.8) is 0 Å². The average Bonchev–Trinajstić information content (AvgIpc) is 2.50. The number of nitrogens with two attached hydrogens (primary N) is 1. The van der Waals surface area contributed by atoms with Crippen molar-refractivity contribution in [2.75, 3.05) is 19.6 Å². The summed E-state index contributed by atoms with van der Waals surface area (Å²) in [5.74, 6) is -4.02. The number of halogens is 2. The second kappa shape index (κ2) is 7.50. The van der Waals surface area contributed by atoms with Gasteiger partial charge in [0.15, 0.2) is 0 Å². The van der Waals surface area contributed by atoms with E-state index >= 15 is 0 Å². The van der Waals surface area contributed by atoms with Crippen LogP contribution < -0.4 is 16.4 Å². The third-order valence-electron chi connectivity index (χ3n) is 2.99. The molecule has 0 aliphatic heterocycles. The van der Waals surface area contributed by atoms with Crippen molar-refractivity contribution < 1.29 is 18.4 Å². The van der Waals surface area contributed by atoms with Crippen LogP contribution in [0.15, 0.2) is 24.3 Å². The molecule has 0 atom stereocenters. The number of benzene rings is 1. The van der Waals surface area contributed by atoms with E-state index in [1.54, 1.807) is 0 Å². The Morgan fingerprint density at radius 1 is 0.957 bits per heavy atom. The fourth-order valence-corrected chi connectivity index (χ4v) is 1.60. The zero-order valence-electron chi connectivity index (χ0n) is 13.6. The highest BCUT2D eigenvalue weighted by atomic mass is 19.3. The van der Waals surface area contributed by atoms with E-state index in [4.69, 9.17) is 5.73 Å². The maximum atomic E-state index is 13.0. The largest absolute Gasteiger partial charge is 0.352 e. The number of carbonyl (C=O) groups is 2. The van der Waals surface area contributed by atoms with Crippen LogP contribution >= 0.6 is 0 Å². The van der Waals surface area contributed by atoms with E-state index in [-0.39, 0.29) is 16.9 Å². The minimum atomic E-state index is -3.14. The lowest BCUT2D eigenvalue weighted by molar-refractivity contribution is 0.0118. The lowest BCUT2D eigenvalue weighted by Gasteiger charge is -2.18. The molecule has 0 aromatic heterocycles. The zero-order chi connectivity index (χ0) is 17.7. The number of hydrogen-bond donors (Lipinski definition) is 3. The smallest absolute Gasteiger partial charge is 0.277 e. The van der Waals surface area contributed by atoms with E-state index in [0.29, 0.717) is 12.1 Å². The van der Waals surface area contributed by atoms with E-state index < -0.39 is 24.9 Å². The number of carbonyl (C=O) groups excluding carboxylic acids is 2. The molecule has 0 aliphatic rings. The summed E-state index contributed by atoms with van der Waals surface area (Å²) in [6.45, 7) is 4.85. The number of rotatable bonds is 6. The maximum absolute atomic E-state index is 13.0. The topological polar surface area (TPSA) is 84.2 Å². The van der Waals surface area contributed by atoms with Gasteiger partial charge in [0.2, 0.25) is 0 Å². The van der Waals surface area contributed by atoms with Gasteiger partial charge in [-0.1, -0.05) is 20.8 Å². The Morgan fingerprint density at radius 2 is 1.35 bits per heavy atom. The molecule has 0 bridgehead atoms. The van der Waals surface area contributed by atoms with Crippen LogP contribution in [0.1, 0.15) is 41.5 Å². The molecule has 0 heterocycles. The minimum absolute atomic E-state index is 0.0380. The number of amides is 2. The number of alkyl halides is 2. The first-order valence-electron chi connectivity index (χ1n) is 7.28. The zero-order valence-corrected chi connectivity index (χ0v) is 13.6. The van der Waals surface area contributed by atoms with Crippen LogP contribution in [0.2, 0.25) is 0 Å². The van der Waals surface area contributed by atoms with Gasteiger partial charge in [-0.2, -0.15) is 0 Å². The van der Waals surface area contributed by atoms with Crippen molar-refractivity contribution >= 4 is 11.8 Å². The summed E-state index contributed by atoms with van der Waals surface area (Å²) in [6, 6.07) is 5.80. The van der Waals surface area contributed by atoms with Crippen LogP contribution in [0, 0.1) is 5.41 Å². The highest BCUT2D eigenvalue weighted by Crippen LogP contribution is 2.12. The summed E-state index contributed by atoms with van der Waals surface area (Å²) < 4.78 is 26.0. The molecule has 0 aliphatic carbocycles. The molecule has 5 nitrogen and oxygen atoms in total. The molecule has 0 saturated heterocycles. The molecule has 2 amide bonds. The molecule has 128 valence electrons. The van der Waals surface area contributed by atoms with Crippen molar-refractivity contribution in [1.29, 1.82) is 0 Å². The van der Waals surface area contributed by atoms with Crippen molar-refractivity contribution in [3.8, 4) is 0 Å². The molecule has 7 heteroatoms. The third kappa shape index (κ3) is 6.73. The van der Waals surface area contributed by atoms with Gasteiger partial charge >= 0.3 is 0 Å². The lowest BCUT2D eigenvalue weighted by atomic mass is 9.97. The van der Waals surface area contributed by atoms with E-state index in [9.17, 15) is 18.4 Å². The lowest BCUT2D eigenvalue weighted by Crippen LogP contribution is -2.41. The molecule has 1 aromatic carbocycles. The van der Waals surface area contributed by atoms with Gasteiger partial charge in [0, 0.05) is 17.7 Å². The van der Waals surface area contributed by atoms with Gasteiger partial charge in [-0.05, 0) is 29.7 Å². The summed E-state index contributed by atoms with van der Waals surface area (Å²) in [6.07, 6.45) is 0. The monoisotopic (exact) mass is 327 g/mol. The second-order valence-corrected chi connectivity index (χ2v) is 6.56. The predicted molar refractivity (Wildman–Crippen MR) is 84.6 cm³/mol. The molecule has 0 radical (unpaired) electrons. The number of nitrogens with one attached hydrogen (secondary N) is 2. The van der Waals surface area contributed by atoms with Gasteiger partial charge in [-0.25, -0.2) is 8.78 Å². The third-order valence-corrected chi connectivity index (χ3v) is 2.99. The summed E-state index contributed by atoms with van der Waals surface area (Å²) in [7, 11) is 0. The molecule has 0 fully saturated rings. The van der Waals surface area contributed by atoms with E-state index in [2.05, 4.69) is 10.6 Å². The molecular formula is C16H23F2N3O2. The van der Waals surface area contributed by atoms with Gasteiger partial charge in [-0.15, -0.1) is 0 Å². The summed E-state index contributed by atoms with van der Waals surface area (Å²) >= 11 is 0. The molecule has 1 rings (SSSR count). The molecule has 0 unspecified atom stereocenters. The highest BCUT2D eigenvalue weighted by Gasteiger charge is 2.27. The van der Waals surface area contributed by atoms with Crippen molar-refractivity contribution in [2.24, 2.45) is 11.1 Å². The van der Waals surface area contributed by atoms with Gasteiger partial charge in [-0.3, -0.25) is 9.59 Å². The summed E-state index contributed by atoms with van der Waals surface area (Å²) in [5, 5.41) is 4.90. The van der Waals surface area contributed by atoms with Crippen LogP contribution in [0.3, 0.4) is 0 Å². The standard InChI is InChI=1S/C16H23F2N3O2/c1-15(2,3)9-20-13(22)11-4-6-12(7-5-11)14(23)21-10-16(17,18)8-19/h4-7H,8-10,19H2,1-3H3,(H,20,22)(H,21,23). The Balaban J connectivity index is 2.62. The van der Waals surface area contributed by atoms with Gasteiger partial charge in [0.05, 0.1) is 13.1 Å². The fraction of sp³-hybridized carbons (Fsp3) is 0.500. The first kappa shape index (κ1) is 19.0. The SMILES string of the molecule is CC(C)(C)CNC(=O)c1ccc(C(=O)NCC(F)(F)CN)cc1. The minimum Gasteiger partial charge on any atom is -0.352 e. The maximum Gasteiger partial charge on any atom is 0.277 e. The molecule has 1 aromatic rings. The first-order chi connectivity index (χ1) is 10.5. The van der Waals surface area contributed by atoms with Crippen molar-refractivity contribution in [3.05, 3.63) is 35.4 Å². The molecule has 4 N–H and O–H groups in total. The highest BCUT2D eigenvalue weighted by molar-refractivity contribution is 5.97. The second-order valence-electron chi connectivity index (χ2n) is 6.56. The van der Waals surface area contributed by atoms with E-state index in [0.717, 1.165) is 0 Å². The Bertz CT molecular complexity index is 551. The van der Waals surface area contributed by atoms with Crippen molar-refractivity contribution in [2.45, 2.75) is 26.7 Å². The van der Waals surface area contributed by atoms with Gasteiger partial charge in [0.1, 0.15) is 0 Å². The van der Waals surface area contributed by atoms with Gasteiger partial charge in [0.25, 0.3) is 17.7 Å². The van der Waals surface area contributed by atoms with Crippen LogP contribution in [0.4, 0.5) is 8.78 Å². The fourth-order valence-electron chi connectivity index (χ4n) is 1.60. The Labute approximate surface area is 134 Å².